The van der Waals surface area contributed by atoms with E-state index in [2.05, 4.69) is 0 Å². The molecule has 0 saturated carbocycles. The molecule has 1 aromatic carbocycles. The van der Waals surface area contributed by atoms with Crippen molar-refractivity contribution in [3.63, 3.8) is 0 Å². The van der Waals surface area contributed by atoms with Gasteiger partial charge in [0.05, 0.1) is 5.56 Å². The molecular weight excluding hydrogens is 233 g/mol. The van der Waals surface area contributed by atoms with Crippen molar-refractivity contribution in [1.29, 1.82) is 0 Å². The monoisotopic (exact) mass is 245 g/mol. The van der Waals surface area contributed by atoms with E-state index in [9.17, 15) is 15.1 Å². The Hall–Kier alpha value is -1.04. The van der Waals surface area contributed by atoms with E-state index in [1.165, 1.54) is 18.3 Å². The van der Waals surface area contributed by atoms with Gasteiger partial charge in [0.1, 0.15) is 0 Å². The third-order valence-electron chi connectivity index (χ3n) is 2.02. The van der Waals surface area contributed by atoms with Gasteiger partial charge in [0.15, 0.2) is 12.3 Å². The summed E-state index contributed by atoms with van der Waals surface area (Å²) < 4.78 is 0.700. The molecule has 0 bridgehead atoms. The van der Waals surface area contributed by atoms with Gasteiger partial charge in [-0.3, -0.25) is 0 Å². The Morgan fingerprint density at radius 1 is 1.47 bits per heavy atom. The van der Waals surface area contributed by atoms with Crippen molar-refractivity contribution >= 4 is 12.2 Å². The van der Waals surface area contributed by atoms with Gasteiger partial charge in [0.2, 0.25) is 0 Å². The maximum absolute atomic E-state index is 11.3. The molecule has 0 saturated heterocycles. The van der Waals surface area contributed by atoms with Crippen molar-refractivity contribution in [3.8, 4) is 5.75 Å². The Kier molecular flexibility index (Phi) is 6.23. The summed E-state index contributed by atoms with van der Waals surface area (Å²) in [6, 6.07) is 3.52. The van der Waals surface area contributed by atoms with Crippen molar-refractivity contribution < 1.29 is 49.3 Å². The predicted molar refractivity (Wildman–Crippen MR) is 56.8 cm³/mol. The van der Waals surface area contributed by atoms with E-state index in [1.807, 2.05) is 0 Å². The quantitative estimate of drug-likeness (QED) is 0.215. The average Bonchev–Trinajstić information content (AvgIpc) is 2.20. The van der Waals surface area contributed by atoms with Gasteiger partial charge in [-0.05, 0) is 26.0 Å². The van der Waals surface area contributed by atoms with Crippen LogP contribution >= 0.6 is 0 Å². The predicted octanol–water partition coefficient (Wildman–Crippen LogP) is -2.20. The van der Waals surface area contributed by atoms with Crippen LogP contribution in [-0.2, 0) is 0 Å². The van der Waals surface area contributed by atoms with Crippen LogP contribution in [0.1, 0.15) is 29.8 Å². The molecule has 1 aromatic rings. The van der Waals surface area contributed by atoms with Crippen LogP contribution in [0.4, 0.5) is 0 Å². The van der Waals surface area contributed by atoms with Gasteiger partial charge >= 0.3 is 35.5 Å². The van der Waals surface area contributed by atoms with Crippen LogP contribution in [0, 0.1) is 5.21 Å². The van der Waals surface area contributed by atoms with Gasteiger partial charge < -0.3 is 15.4 Å². The normalized spacial score (nSPS) is 11.1. The summed E-state index contributed by atoms with van der Waals surface area (Å²) in [7, 11) is 0. The summed E-state index contributed by atoms with van der Waals surface area (Å²) in [5, 5.41) is 31.2. The Labute approximate surface area is 121 Å². The van der Waals surface area contributed by atoms with Crippen LogP contribution in [0.2, 0.25) is 0 Å². The Bertz CT molecular complexity index is 443. The summed E-state index contributed by atoms with van der Waals surface area (Å²) in [4.78, 5) is 10.7. The number of carbonyl (C=O) groups is 1. The number of carboxylic acid groups (broad SMARTS) is 1. The molecule has 0 unspecified atom stereocenters. The minimum absolute atomic E-state index is 0. The van der Waals surface area contributed by atoms with Crippen LogP contribution in [-0.4, -0.2) is 28.1 Å². The van der Waals surface area contributed by atoms with Crippen molar-refractivity contribution in [1.82, 2.24) is 0 Å². The maximum Gasteiger partial charge on any atom is 1.00 e. The second kappa shape index (κ2) is 6.64. The van der Waals surface area contributed by atoms with E-state index in [-0.39, 0.29) is 41.2 Å². The molecule has 5 nitrogen and oxygen atoms in total. The molecule has 6 heteroatoms. The Balaban J connectivity index is 0.00000256. The fourth-order valence-corrected chi connectivity index (χ4v) is 1.09. The van der Waals surface area contributed by atoms with Gasteiger partial charge in [-0.25, -0.2) is 9.53 Å². The van der Waals surface area contributed by atoms with E-state index in [1.54, 1.807) is 13.8 Å². The van der Waals surface area contributed by atoms with Crippen molar-refractivity contribution in [2.75, 3.05) is 0 Å². The molecule has 0 aliphatic heterocycles. The molecule has 0 aromatic heterocycles. The summed E-state index contributed by atoms with van der Waals surface area (Å²) in [5.74, 6) is -1.85. The minimum atomic E-state index is -1.29. The fourth-order valence-electron chi connectivity index (χ4n) is 1.09. The van der Waals surface area contributed by atoms with E-state index in [0.29, 0.717) is 10.3 Å². The molecule has 0 radical (unpaired) electrons. The Morgan fingerprint density at radius 3 is 2.53 bits per heavy atom. The van der Waals surface area contributed by atoms with Gasteiger partial charge in [-0.2, -0.15) is 0 Å². The number of benzene rings is 1. The summed E-state index contributed by atoms with van der Waals surface area (Å²) in [6.07, 6.45) is 1.26. The van der Waals surface area contributed by atoms with Gasteiger partial charge in [0.25, 0.3) is 0 Å². The topological polar surface area (TPSA) is 86.4 Å². The van der Waals surface area contributed by atoms with Crippen molar-refractivity contribution in [2.24, 2.45) is 0 Å². The Morgan fingerprint density at radius 2 is 2.06 bits per heavy atom. The van der Waals surface area contributed by atoms with Gasteiger partial charge in [-0.1, -0.05) is 11.8 Å². The first-order valence-electron chi connectivity index (χ1n) is 4.76. The number of hydrogen-bond acceptors (Lipinski definition) is 3. The summed E-state index contributed by atoms with van der Waals surface area (Å²) >= 11 is 0. The molecule has 0 spiro atoms. The smallest absolute Gasteiger partial charge is 0.872 e. The molecule has 0 amide bonds. The van der Waals surface area contributed by atoms with E-state index in [0.717, 1.165) is 6.07 Å². The largest absolute Gasteiger partial charge is 1.00 e. The number of aromatic carboxylic acids is 1. The SMILES string of the molecule is CC(C)/[N+]([O-])=C\c1ccc([O-])c(C(=O)O)c1.[Na+]. The number of nitrogens with zero attached hydrogens (tertiary/aromatic N) is 1. The molecule has 86 valence electrons. The average molecular weight is 245 g/mol. The second-order valence-corrected chi connectivity index (χ2v) is 3.64. The first-order chi connectivity index (χ1) is 7.41. The molecule has 17 heavy (non-hydrogen) atoms. The number of rotatable bonds is 3. The second-order valence-electron chi connectivity index (χ2n) is 3.64. The van der Waals surface area contributed by atoms with Crippen LogP contribution < -0.4 is 34.7 Å². The molecule has 1 rings (SSSR count). The van der Waals surface area contributed by atoms with Crippen molar-refractivity contribution in [3.05, 3.63) is 34.5 Å². The van der Waals surface area contributed by atoms with Crippen LogP contribution in [0.25, 0.3) is 0 Å². The number of hydrogen-bond donors (Lipinski definition) is 1. The zero-order valence-electron chi connectivity index (χ0n) is 10.0. The molecule has 1 N–H and O–H groups in total. The first-order valence-corrected chi connectivity index (χ1v) is 4.76. The van der Waals surface area contributed by atoms with Gasteiger partial charge in [0, 0.05) is 5.56 Å². The summed E-state index contributed by atoms with van der Waals surface area (Å²) in [5.41, 5.74) is 0.0756. The van der Waals surface area contributed by atoms with Crippen LogP contribution in [0.5, 0.6) is 5.75 Å². The molecule has 0 aliphatic rings. The molecule has 0 atom stereocenters. The summed E-state index contributed by atoms with van der Waals surface area (Å²) in [6.45, 7) is 3.42. The zero-order valence-corrected chi connectivity index (χ0v) is 12.0. The molecule has 0 heterocycles. The number of hydroxylamine groups is 1. The molecule has 0 fully saturated rings. The van der Waals surface area contributed by atoms with Crippen molar-refractivity contribution in [2.45, 2.75) is 19.9 Å². The zero-order chi connectivity index (χ0) is 12.3. The minimum Gasteiger partial charge on any atom is -0.872 e. The van der Waals surface area contributed by atoms with E-state index >= 15 is 0 Å². The first kappa shape index (κ1) is 16.0. The molecule has 0 aliphatic carbocycles. The third kappa shape index (κ3) is 4.38. The number of carboxylic acids is 1. The van der Waals surface area contributed by atoms with Crippen LogP contribution in [0.3, 0.4) is 0 Å². The standard InChI is InChI=1S/C11H13NO4.Na/c1-7(2)12(16)6-8-3-4-10(13)9(5-8)11(14)15;/h3-7,13H,1-2H3,(H,14,15);/q;+1/p-1/b12-6+;. The third-order valence-corrected chi connectivity index (χ3v) is 2.02. The van der Waals surface area contributed by atoms with Gasteiger partial charge in [-0.15, -0.1) is 0 Å². The van der Waals surface area contributed by atoms with E-state index in [4.69, 9.17) is 5.11 Å². The fraction of sp³-hybridized carbons (Fsp3) is 0.273. The van der Waals surface area contributed by atoms with E-state index < -0.39 is 11.7 Å². The molecular formula is C11H12NNaO4. The van der Waals surface area contributed by atoms with Crippen LogP contribution in [0.15, 0.2) is 18.2 Å². The maximum atomic E-state index is 11.3.